The van der Waals surface area contributed by atoms with Crippen molar-refractivity contribution in [2.45, 2.75) is 51.9 Å². The first kappa shape index (κ1) is 42.6. The molecule has 0 bridgehead atoms. The average Bonchev–Trinajstić information content (AvgIpc) is 3.85. The molecule has 232 valence electrons. The SMILES string of the molecule is C[Si](C)=[Hf+2].C[Si](C)=[Hf+2].Cl.Cl.[C-]1=CC=CC1.[C-]1=CC=CC1.[c-]1cccc2c1Cc1ccccc1-2.[c-]1cccc2c1Cc1ccccc1-2. The molecule has 0 amide bonds. The van der Waals surface area contributed by atoms with Gasteiger partial charge in [0.1, 0.15) is 0 Å². The summed E-state index contributed by atoms with van der Waals surface area (Å²) in [6.07, 6.45) is 22.1. The quantitative estimate of drug-likeness (QED) is 0.105. The molecule has 46 heavy (non-hydrogen) atoms. The smallest absolute Gasteiger partial charge is 0.0253 e. The fourth-order valence-electron chi connectivity index (χ4n) is 4.68. The van der Waals surface area contributed by atoms with Gasteiger partial charge in [-0.1, -0.05) is 70.8 Å². The largest absolute Gasteiger partial charge is 0.273 e. The van der Waals surface area contributed by atoms with Gasteiger partial charge in [0.2, 0.25) is 0 Å². The van der Waals surface area contributed by atoms with E-state index in [0.29, 0.717) is 0 Å². The van der Waals surface area contributed by atoms with Gasteiger partial charge in [0.15, 0.2) is 0 Å². The normalized spacial score (nSPS) is 12.0. The number of halogens is 2. The van der Waals surface area contributed by atoms with Crippen molar-refractivity contribution in [2.24, 2.45) is 0 Å². The summed E-state index contributed by atoms with van der Waals surface area (Å²) in [5.41, 5.74) is 11.5. The first-order chi connectivity index (χ1) is 21.4. The summed E-state index contributed by atoms with van der Waals surface area (Å²) >= 11 is 2.90. The predicted molar refractivity (Wildman–Crippen MR) is 200 cm³/mol. The van der Waals surface area contributed by atoms with Crippen molar-refractivity contribution in [2.75, 3.05) is 0 Å². The molecule has 4 aromatic carbocycles. The molecule has 6 heteroatoms. The van der Waals surface area contributed by atoms with E-state index in [9.17, 15) is 0 Å². The van der Waals surface area contributed by atoms with Crippen molar-refractivity contribution in [1.82, 2.24) is 0 Å². The van der Waals surface area contributed by atoms with Crippen LogP contribution < -0.4 is 0 Å². The summed E-state index contributed by atoms with van der Waals surface area (Å²) in [4.78, 5) is 0. The molecule has 0 spiro atoms. The van der Waals surface area contributed by atoms with Crippen LogP contribution in [-0.4, -0.2) is 11.0 Å². The minimum Gasteiger partial charge on any atom is -0.273 e. The van der Waals surface area contributed by atoms with E-state index in [-0.39, 0.29) is 35.8 Å². The Bertz CT molecular complexity index is 1420. The van der Waals surface area contributed by atoms with Crippen molar-refractivity contribution in [3.63, 3.8) is 0 Å². The molecular formula is C40H42Cl2Hf2Si2. The van der Waals surface area contributed by atoms with E-state index in [1.54, 1.807) is 0 Å². The van der Waals surface area contributed by atoms with Gasteiger partial charge in [-0.05, 0) is 12.8 Å². The fraction of sp³-hybridized carbons (Fsp3) is 0.200. The van der Waals surface area contributed by atoms with Gasteiger partial charge in [0.25, 0.3) is 0 Å². The van der Waals surface area contributed by atoms with Gasteiger partial charge in [-0.25, -0.2) is 24.3 Å². The molecule has 0 saturated heterocycles. The Morgan fingerprint density at radius 3 is 1.17 bits per heavy atom. The van der Waals surface area contributed by atoms with Crippen LogP contribution in [0.2, 0.25) is 26.2 Å². The fourth-order valence-corrected chi connectivity index (χ4v) is 4.68. The van der Waals surface area contributed by atoms with E-state index < -0.39 is 0 Å². The summed E-state index contributed by atoms with van der Waals surface area (Å²) in [5, 5.41) is 0. The van der Waals surface area contributed by atoms with E-state index in [1.165, 1.54) is 90.5 Å². The van der Waals surface area contributed by atoms with Crippen molar-refractivity contribution >= 4 is 35.8 Å². The number of allylic oxidation sites excluding steroid dienone is 8. The maximum absolute atomic E-state index is 3.30. The van der Waals surface area contributed by atoms with Crippen LogP contribution >= 0.6 is 24.8 Å². The van der Waals surface area contributed by atoms with Crippen molar-refractivity contribution in [3.8, 4) is 22.3 Å². The molecule has 0 nitrogen and oxygen atoms in total. The Morgan fingerprint density at radius 2 is 0.870 bits per heavy atom. The van der Waals surface area contributed by atoms with E-state index in [2.05, 4.69) is 135 Å². The number of hydrogen-bond acceptors (Lipinski definition) is 0. The molecule has 0 fully saturated rings. The Balaban J connectivity index is 0.000000298. The van der Waals surface area contributed by atoms with Gasteiger partial charge in [-0.3, -0.25) is 12.2 Å². The first-order valence-corrected chi connectivity index (χ1v) is 30.8. The zero-order valence-corrected chi connectivity index (χ0v) is 38.0. The number of benzene rings is 4. The van der Waals surface area contributed by atoms with E-state index in [4.69, 9.17) is 0 Å². The van der Waals surface area contributed by atoms with Gasteiger partial charge in [0.05, 0.1) is 0 Å². The molecule has 0 unspecified atom stereocenters. The van der Waals surface area contributed by atoms with E-state index >= 15 is 0 Å². The van der Waals surface area contributed by atoms with Crippen LogP contribution in [0.15, 0.2) is 121 Å². The zero-order valence-electron chi connectivity index (χ0n) is 27.2. The van der Waals surface area contributed by atoms with Crippen molar-refractivity contribution < 1.29 is 46.0 Å². The van der Waals surface area contributed by atoms with Crippen LogP contribution in [0, 0.1) is 24.3 Å². The molecule has 4 aromatic rings. The summed E-state index contributed by atoms with van der Waals surface area (Å²) < 4.78 is 0. The molecular weight excluding hydrogens is 964 g/mol. The van der Waals surface area contributed by atoms with Gasteiger partial charge in [-0.2, -0.15) is 71.8 Å². The Labute approximate surface area is 320 Å². The molecule has 4 aliphatic rings. The minimum absolute atomic E-state index is 0. The van der Waals surface area contributed by atoms with Gasteiger partial charge < -0.3 is 0 Å². The number of rotatable bonds is 0. The predicted octanol–water partition coefficient (Wildman–Crippen LogP) is 11.1. The molecule has 8 rings (SSSR count). The summed E-state index contributed by atoms with van der Waals surface area (Å²) in [6.45, 7) is 9.32. The zero-order chi connectivity index (χ0) is 31.6. The van der Waals surface area contributed by atoms with Gasteiger partial charge in [0, 0.05) is 0 Å². The van der Waals surface area contributed by atoms with Crippen LogP contribution in [0.25, 0.3) is 22.3 Å². The molecule has 0 N–H and O–H groups in total. The van der Waals surface area contributed by atoms with Crippen LogP contribution in [0.4, 0.5) is 0 Å². The van der Waals surface area contributed by atoms with Crippen LogP contribution in [0.1, 0.15) is 35.1 Å². The summed E-state index contributed by atoms with van der Waals surface area (Å²) in [5.74, 6) is 0. The topological polar surface area (TPSA) is 0 Å². The third-order valence-corrected chi connectivity index (χ3v) is 6.40. The van der Waals surface area contributed by atoms with Crippen molar-refractivity contribution in [1.29, 1.82) is 0 Å². The Hall–Kier alpha value is -1.41. The van der Waals surface area contributed by atoms with Gasteiger partial charge >= 0.3 is 83.2 Å². The van der Waals surface area contributed by atoms with E-state index in [1.807, 2.05) is 36.4 Å². The molecule has 0 aliphatic heterocycles. The maximum Gasteiger partial charge on any atom is -0.0253 e. The maximum atomic E-state index is 3.30. The van der Waals surface area contributed by atoms with Crippen LogP contribution in [0.5, 0.6) is 0 Å². The molecule has 0 radical (unpaired) electrons. The Morgan fingerprint density at radius 1 is 0.522 bits per heavy atom. The molecule has 0 heterocycles. The monoisotopic (exact) mass is 1010 g/mol. The van der Waals surface area contributed by atoms with Crippen LogP contribution in [0.3, 0.4) is 0 Å². The number of hydrogen-bond donors (Lipinski definition) is 0. The second-order valence-corrected chi connectivity index (χ2v) is 36.4. The van der Waals surface area contributed by atoms with Crippen LogP contribution in [-0.2, 0) is 58.8 Å². The molecule has 0 saturated carbocycles. The first-order valence-electron chi connectivity index (χ1n) is 15.0. The third kappa shape index (κ3) is 15.7. The standard InChI is InChI=1S/2C13H9.2C5H5.2C2H6Si.2ClH.2Hf/c2*1-3-7-12-10(5-1)9-11-6-2-4-8-13(11)12;2*1-2-4-5-3-1;2*1-3-2;;;;/h2*1-5,7-8H,9H2;2*1-3H,4H2;2*1-2H3;2*1H;;/q4*-1;;;;;2*+2. The van der Waals surface area contributed by atoms with E-state index in [0.717, 1.165) is 25.7 Å². The van der Waals surface area contributed by atoms with Gasteiger partial charge in [-0.15, -0.1) is 48.8 Å². The second kappa shape index (κ2) is 24.7. The third-order valence-electron chi connectivity index (χ3n) is 6.40. The molecule has 0 atom stereocenters. The van der Waals surface area contributed by atoms with Crippen molar-refractivity contribution in [3.05, 3.63) is 168 Å². The molecule has 4 aliphatic carbocycles. The average molecular weight is 1010 g/mol. The summed E-state index contributed by atoms with van der Waals surface area (Å²) in [6, 6.07) is 36.2. The minimum atomic E-state index is 0. The Kier molecular flexibility index (Phi) is 22.9. The molecule has 0 aromatic heterocycles. The second-order valence-electron chi connectivity index (χ2n) is 10.8. The summed E-state index contributed by atoms with van der Waals surface area (Å²) in [7, 11) is 0. The number of fused-ring (bicyclic) bond motifs is 6.